The van der Waals surface area contributed by atoms with E-state index in [2.05, 4.69) is 6.07 Å². The first kappa shape index (κ1) is 15.7. The monoisotopic (exact) mass is 382 g/mol. The molecule has 0 bridgehead atoms. The molecule has 0 aliphatic carbocycles. The number of hydrazone groups is 1. The maximum Gasteiger partial charge on any atom is 0.222 e. The number of hydrogen-bond acceptors (Lipinski definition) is 5. The number of phenols is 1. The SMILES string of the molecule is Oc1cccc(C2=NN3C(C2)c2cc(Cl)ccc2OC3c2cccs2)c1. The lowest BCUT2D eigenvalue weighted by Crippen LogP contribution is -2.33. The van der Waals surface area contributed by atoms with Gasteiger partial charge in [0.15, 0.2) is 0 Å². The van der Waals surface area contributed by atoms with Crippen LogP contribution in [0.2, 0.25) is 5.02 Å². The van der Waals surface area contributed by atoms with Crippen molar-refractivity contribution in [3.8, 4) is 11.5 Å². The van der Waals surface area contributed by atoms with E-state index in [4.69, 9.17) is 21.4 Å². The van der Waals surface area contributed by atoms with E-state index < -0.39 is 0 Å². The molecule has 1 N–H and O–H groups in total. The Morgan fingerprint density at radius 1 is 1.15 bits per heavy atom. The van der Waals surface area contributed by atoms with Gasteiger partial charge in [-0.25, -0.2) is 5.01 Å². The quantitative estimate of drug-likeness (QED) is 0.649. The lowest BCUT2D eigenvalue weighted by Gasteiger charge is -2.37. The van der Waals surface area contributed by atoms with Crippen molar-refractivity contribution in [2.45, 2.75) is 18.7 Å². The summed E-state index contributed by atoms with van der Waals surface area (Å²) < 4.78 is 6.27. The van der Waals surface area contributed by atoms with E-state index in [1.807, 2.05) is 46.8 Å². The Morgan fingerprint density at radius 2 is 2.08 bits per heavy atom. The molecular weight excluding hydrogens is 368 g/mol. The van der Waals surface area contributed by atoms with Crippen LogP contribution in [0, 0.1) is 0 Å². The molecule has 6 heteroatoms. The number of aromatic hydroxyl groups is 1. The predicted molar refractivity (Wildman–Crippen MR) is 103 cm³/mol. The Hall–Kier alpha value is -2.50. The van der Waals surface area contributed by atoms with Crippen molar-refractivity contribution in [1.29, 1.82) is 0 Å². The third-order valence-corrected chi connectivity index (χ3v) is 5.86. The smallest absolute Gasteiger partial charge is 0.222 e. The van der Waals surface area contributed by atoms with Crippen LogP contribution in [-0.4, -0.2) is 15.8 Å². The minimum atomic E-state index is -0.261. The van der Waals surface area contributed by atoms with Crippen LogP contribution in [0.3, 0.4) is 0 Å². The van der Waals surface area contributed by atoms with Gasteiger partial charge in [-0.05, 0) is 41.8 Å². The largest absolute Gasteiger partial charge is 0.508 e. The molecule has 2 aromatic carbocycles. The van der Waals surface area contributed by atoms with E-state index in [9.17, 15) is 5.11 Å². The maximum atomic E-state index is 9.82. The predicted octanol–water partition coefficient (Wildman–Crippen LogP) is 5.35. The number of thiophene rings is 1. The van der Waals surface area contributed by atoms with E-state index in [0.717, 1.165) is 33.9 Å². The summed E-state index contributed by atoms with van der Waals surface area (Å²) in [6.07, 6.45) is 0.477. The van der Waals surface area contributed by atoms with Gasteiger partial charge in [-0.15, -0.1) is 11.3 Å². The fourth-order valence-electron chi connectivity index (χ4n) is 3.54. The van der Waals surface area contributed by atoms with Crippen molar-refractivity contribution in [1.82, 2.24) is 5.01 Å². The lowest BCUT2D eigenvalue weighted by molar-refractivity contribution is -0.0165. The van der Waals surface area contributed by atoms with E-state index in [1.165, 1.54) is 0 Å². The zero-order chi connectivity index (χ0) is 17.7. The summed E-state index contributed by atoms with van der Waals surface area (Å²) in [5.74, 6) is 1.09. The highest BCUT2D eigenvalue weighted by molar-refractivity contribution is 7.10. The van der Waals surface area contributed by atoms with Crippen LogP contribution in [0.4, 0.5) is 0 Å². The fraction of sp³-hybridized carbons (Fsp3) is 0.150. The second-order valence-corrected chi connectivity index (χ2v) is 7.78. The van der Waals surface area contributed by atoms with Gasteiger partial charge in [-0.2, -0.15) is 5.10 Å². The normalized spacial score (nSPS) is 21.0. The molecule has 0 radical (unpaired) electrons. The maximum absolute atomic E-state index is 9.82. The highest BCUT2D eigenvalue weighted by Gasteiger charge is 2.41. The van der Waals surface area contributed by atoms with Crippen molar-refractivity contribution in [3.63, 3.8) is 0 Å². The average molecular weight is 383 g/mol. The van der Waals surface area contributed by atoms with Gasteiger partial charge >= 0.3 is 0 Å². The van der Waals surface area contributed by atoms with Gasteiger partial charge in [-0.3, -0.25) is 0 Å². The van der Waals surface area contributed by atoms with Crippen LogP contribution in [-0.2, 0) is 0 Å². The molecule has 0 saturated carbocycles. The summed E-state index contributed by atoms with van der Waals surface area (Å²) in [5.41, 5.74) is 2.90. The van der Waals surface area contributed by atoms with E-state index in [0.29, 0.717) is 5.02 Å². The molecule has 2 atom stereocenters. The number of rotatable bonds is 2. The highest BCUT2D eigenvalue weighted by atomic mass is 35.5. The summed E-state index contributed by atoms with van der Waals surface area (Å²) in [6, 6.07) is 17.1. The molecule has 26 heavy (non-hydrogen) atoms. The molecule has 2 aliphatic heterocycles. The van der Waals surface area contributed by atoms with Crippen LogP contribution < -0.4 is 4.74 Å². The standard InChI is InChI=1S/C20H15ClN2O2S/c21-13-6-7-18-15(10-13)17-11-16(12-3-1-4-14(24)9-12)22-23(17)20(25-18)19-5-2-8-26-19/h1-10,17,20,24H,11H2. The fourth-order valence-corrected chi connectivity index (χ4v) is 4.46. The molecule has 3 heterocycles. The van der Waals surface area contributed by atoms with Gasteiger partial charge < -0.3 is 9.84 Å². The number of ether oxygens (including phenoxy) is 1. The summed E-state index contributed by atoms with van der Waals surface area (Å²) in [7, 11) is 0. The Morgan fingerprint density at radius 3 is 2.88 bits per heavy atom. The minimum Gasteiger partial charge on any atom is -0.508 e. The topological polar surface area (TPSA) is 45.1 Å². The minimum absolute atomic E-state index is 0.0573. The molecule has 2 unspecified atom stereocenters. The zero-order valence-corrected chi connectivity index (χ0v) is 15.2. The van der Waals surface area contributed by atoms with Crippen LogP contribution in [0.1, 0.15) is 34.7 Å². The molecule has 0 amide bonds. The summed E-state index contributed by atoms with van der Waals surface area (Å²) in [6.45, 7) is 0. The first-order valence-electron chi connectivity index (χ1n) is 8.34. The molecule has 130 valence electrons. The van der Waals surface area contributed by atoms with Gasteiger partial charge in [0.25, 0.3) is 0 Å². The van der Waals surface area contributed by atoms with Crippen molar-refractivity contribution < 1.29 is 9.84 Å². The first-order chi connectivity index (χ1) is 12.7. The molecule has 4 nitrogen and oxygen atoms in total. The molecule has 5 rings (SSSR count). The lowest BCUT2D eigenvalue weighted by atomic mass is 9.96. The van der Waals surface area contributed by atoms with Crippen molar-refractivity contribution >= 4 is 28.6 Å². The van der Waals surface area contributed by atoms with Gasteiger partial charge in [0.2, 0.25) is 6.23 Å². The molecule has 0 saturated heterocycles. The Labute approximate surface area is 159 Å². The third-order valence-electron chi connectivity index (χ3n) is 4.72. The zero-order valence-electron chi connectivity index (χ0n) is 13.7. The first-order valence-corrected chi connectivity index (χ1v) is 9.59. The molecule has 2 aliphatic rings. The van der Waals surface area contributed by atoms with Crippen LogP contribution in [0.15, 0.2) is 65.1 Å². The number of hydrogen-bond donors (Lipinski definition) is 1. The number of nitrogens with zero attached hydrogens (tertiary/aromatic N) is 2. The molecular formula is C20H15ClN2O2S. The number of halogens is 1. The van der Waals surface area contributed by atoms with E-state index in [1.54, 1.807) is 23.5 Å². The summed E-state index contributed by atoms with van der Waals surface area (Å²) in [5, 5.41) is 19.4. The molecule has 3 aromatic rings. The van der Waals surface area contributed by atoms with Gasteiger partial charge in [0.1, 0.15) is 11.5 Å². The third kappa shape index (κ3) is 2.55. The number of benzene rings is 2. The van der Waals surface area contributed by atoms with Crippen LogP contribution >= 0.6 is 22.9 Å². The molecule has 0 fully saturated rings. The van der Waals surface area contributed by atoms with Gasteiger partial charge in [0, 0.05) is 22.6 Å². The second-order valence-electron chi connectivity index (χ2n) is 6.36. The van der Waals surface area contributed by atoms with Crippen molar-refractivity contribution in [3.05, 3.63) is 81.0 Å². The molecule has 1 aromatic heterocycles. The van der Waals surface area contributed by atoms with Crippen molar-refractivity contribution in [2.75, 3.05) is 0 Å². The Balaban J connectivity index is 1.61. The molecule has 0 spiro atoms. The Kier molecular flexibility index (Phi) is 3.65. The Bertz CT molecular complexity index is 1000. The van der Waals surface area contributed by atoms with Gasteiger partial charge in [-0.1, -0.05) is 29.8 Å². The number of fused-ring (bicyclic) bond motifs is 3. The van der Waals surface area contributed by atoms with E-state index >= 15 is 0 Å². The van der Waals surface area contributed by atoms with Gasteiger partial charge in [0.05, 0.1) is 16.6 Å². The average Bonchev–Trinajstić information content (AvgIpc) is 3.31. The van der Waals surface area contributed by atoms with Crippen LogP contribution in [0.5, 0.6) is 11.5 Å². The number of phenolic OH excluding ortho intramolecular Hbond substituents is 1. The van der Waals surface area contributed by atoms with Crippen molar-refractivity contribution in [2.24, 2.45) is 5.10 Å². The summed E-state index contributed by atoms with van der Waals surface area (Å²) in [4.78, 5) is 1.11. The highest BCUT2D eigenvalue weighted by Crippen LogP contribution is 2.48. The van der Waals surface area contributed by atoms with Crippen LogP contribution in [0.25, 0.3) is 0 Å². The van der Waals surface area contributed by atoms with E-state index in [-0.39, 0.29) is 18.0 Å². The second kappa shape index (κ2) is 6.04. The summed E-state index contributed by atoms with van der Waals surface area (Å²) >= 11 is 7.89.